The Kier molecular flexibility index (Phi) is 4.14. The monoisotopic (exact) mass is 262 g/mol. The number of carboxylic acid groups (broad SMARTS) is 1. The molecule has 102 valence electrons. The molecule has 0 saturated carbocycles. The minimum Gasteiger partial charge on any atom is -0.477 e. The fraction of sp³-hybridized carbons (Fsp3) is 0.500. The summed E-state index contributed by atoms with van der Waals surface area (Å²) < 4.78 is 0. The van der Waals surface area contributed by atoms with Crippen LogP contribution in [0.25, 0.3) is 0 Å². The number of hydrogen-bond donors (Lipinski definition) is 1. The van der Waals surface area contributed by atoms with Gasteiger partial charge in [0.1, 0.15) is 5.69 Å². The maximum absolute atomic E-state index is 12.4. The zero-order chi connectivity index (χ0) is 13.8. The first kappa shape index (κ1) is 13.5. The van der Waals surface area contributed by atoms with Gasteiger partial charge in [0.2, 0.25) is 0 Å². The molecule has 1 fully saturated rings. The lowest BCUT2D eigenvalue weighted by atomic mass is 9.99. The second-order valence-corrected chi connectivity index (χ2v) is 4.79. The molecule has 2 rings (SSSR count). The third kappa shape index (κ3) is 2.92. The molecular formula is C14H18N2O3. The van der Waals surface area contributed by atoms with E-state index in [1.807, 2.05) is 4.90 Å². The van der Waals surface area contributed by atoms with Gasteiger partial charge in [0.15, 0.2) is 0 Å². The molecule has 0 aliphatic carbocycles. The van der Waals surface area contributed by atoms with Gasteiger partial charge in [-0.2, -0.15) is 0 Å². The number of nitrogens with zero attached hydrogens (tertiary/aromatic N) is 2. The van der Waals surface area contributed by atoms with E-state index in [0.29, 0.717) is 11.6 Å². The molecule has 1 N–H and O–H groups in total. The molecule has 5 nitrogen and oxygen atoms in total. The minimum absolute atomic E-state index is 0.0396. The highest BCUT2D eigenvalue weighted by Gasteiger charge is 2.26. The van der Waals surface area contributed by atoms with Gasteiger partial charge in [0, 0.05) is 18.8 Å². The number of carboxylic acids is 1. The molecule has 1 unspecified atom stereocenters. The SMILES string of the molecule is CCC1CCCCN1C(=O)c1ccc(C(=O)O)nc1. The van der Waals surface area contributed by atoms with Crippen LogP contribution in [0.1, 0.15) is 53.5 Å². The molecule has 5 heteroatoms. The van der Waals surface area contributed by atoms with Gasteiger partial charge >= 0.3 is 5.97 Å². The second-order valence-electron chi connectivity index (χ2n) is 4.79. The van der Waals surface area contributed by atoms with Crippen molar-refractivity contribution in [3.05, 3.63) is 29.6 Å². The fourth-order valence-electron chi connectivity index (χ4n) is 2.51. The average molecular weight is 262 g/mol. The molecule has 0 spiro atoms. The second kappa shape index (κ2) is 5.82. The van der Waals surface area contributed by atoms with E-state index in [1.165, 1.54) is 18.7 Å². The van der Waals surface area contributed by atoms with Crippen LogP contribution in [0.5, 0.6) is 0 Å². The molecule has 0 bridgehead atoms. The predicted octanol–water partition coefficient (Wildman–Crippen LogP) is 2.18. The summed E-state index contributed by atoms with van der Waals surface area (Å²) in [5, 5.41) is 8.79. The highest BCUT2D eigenvalue weighted by molar-refractivity contribution is 5.95. The van der Waals surface area contributed by atoms with Crippen molar-refractivity contribution in [1.29, 1.82) is 0 Å². The van der Waals surface area contributed by atoms with Gasteiger partial charge in [-0.1, -0.05) is 6.92 Å². The van der Waals surface area contributed by atoms with Gasteiger partial charge < -0.3 is 10.0 Å². The molecule has 2 heterocycles. The van der Waals surface area contributed by atoms with Crippen molar-refractivity contribution in [2.45, 2.75) is 38.6 Å². The smallest absolute Gasteiger partial charge is 0.354 e. The molecule has 1 amide bonds. The summed E-state index contributed by atoms with van der Waals surface area (Å²) >= 11 is 0. The number of carbonyl (C=O) groups is 2. The van der Waals surface area contributed by atoms with Gasteiger partial charge in [-0.25, -0.2) is 9.78 Å². The van der Waals surface area contributed by atoms with Gasteiger partial charge in [-0.05, 0) is 37.8 Å². The van der Waals surface area contributed by atoms with Crippen molar-refractivity contribution < 1.29 is 14.7 Å². The zero-order valence-corrected chi connectivity index (χ0v) is 11.0. The van der Waals surface area contributed by atoms with E-state index in [0.717, 1.165) is 25.8 Å². The summed E-state index contributed by atoms with van der Waals surface area (Å²) in [6, 6.07) is 3.21. The van der Waals surface area contributed by atoms with Crippen molar-refractivity contribution in [3.8, 4) is 0 Å². The molecule has 1 aliphatic heterocycles. The Hall–Kier alpha value is -1.91. The standard InChI is InChI=1S/C14H18N2O3/c1-2-11-5-3-4-8-16(11)13(17)10-6-7-12(14(18)19)15-9-10/h6-7,9,11H,2-5,8H2,1H3,(H,18,19). The van der Waals surface area contributed by atoms with Crippen molar-refractivity contribution in [2.24, 2.45) is 0 Å². The minimum atomic E-state index is -1.08. The number of pyridine rings is 1. The molecule has 1 aromatic heterocycles. The Labute approximate surface area is 112 Å². The maximum Gasteiger partial charge on any atom is 0.354 e. The first-order valence-electron chi connectivity index (χ1n) is 6.63. The van der Waals surface area contributed by atoms with Crippen molar-refractivity contribution in [3.63, 3.8) is 0 Å². The van der Waals surface area contributed by atoms with Crippen LogP contribution in [-0.2, 0) is 0 Å². The van der Waals surface area contributed by atoms with E-state index in [2.05, 4.69) is 11.9 Å². The van der Waals surface area contributed by atoms with E-state index < -0.39 is 5.97 Å². The van der Waals surface area contributed by atoms with Crippen molar-refractivity contribution >= 4 is 11.9 Å². The zero-order valence-electron chi connectivity index (χ0n) is 11.0. The molecule has 0 aromatic carbocycles. The number of likely N-dealkylation sites (tertiary alicyclic amines) is 1. The van der Waals surface area contributed by atoms with Gasteiger partial charge in [0.25, 0.3) is 5.91 Å². The molecular weight excluding hydrogens is 244 g/mol. The van der Waals surface area contributed by atoms with Crippen molar-refractivity contribution in [2.75, 3.05) is 6.54 Å². The van der Waals surface area contributed by atoms with Crippen LogP contribution in [0.2, 0.25) is 0 Å². The summed E-state index contributed by atoms with van der Waals surface area (Å²) in [7, 11) is 0. The van der Waals surface area contributed by atoms with Crippen LogP contribution >= 0.6 is 0 Å². The van der Waals surface area contributed by atoms with E-state index >= 15 is 0 Å². The lowest BCUT2D eigenvalue weighted by Gasteiger charge is -2.35. The third-order valence-electron chi connectivity index (χ3n) is 3.59. The summed E-state index contributed by atoms with van der Waals surface area (Å²) in [5.41, 5.74) is 0.424. The molecule has 1 saturated heterocycles. The highest BCUT2D eigenvalue weighted by Crippen LogP contribution is 2.21. The number of hydrogen-bond acceptors (Lipinski definition) is 3. The first-order chi connectivity index (χ1) is 9.13. The Morgan fingerprint density at radius 3 is 2.79 bits per heavy atom. The number of rotatable bonds is 3. The van der Waals surface area contributed by atoms with Crippen LogP contribution in [0, 0.1) is 0 Å². The predicted molar refractivity (Wildman–Crippen MR) is 70.2 cm³/mol. The number of aromatic carboxylic acids is 1. The third-order valence-corrected chi connectivity index (χ3v) is 3.59. The molecule has 1 aliphatic rings. The van der Waals surface area contributed by atoms with Crippen LogP contribution in [0.4, 0.5) is 0 Å². The normalized spacial score (nSPS) is 19.2. The summed E-state index contributed by atoms with van der Waals surface area (Å²) in [5.74, 6) is -1.13. The molecule has 1 aromatic rings. The van der Waals surface area contributed by atoms with Crippen LogP contribution in [0.3, 0.4) is 0 Å². The Morgan fingerprint density at radius 2 is 2.21 bits per heavy atom. The average Bonchev–Trinajstić information content (AvgIpc) is 2.46. The van der Waals surface area contributed by atoms with Gasteiger partial charge in [0.05, 0.1) is 5.56 Å². The van der Waals surface area contributed by atoms with Gasteiger partial charge in [-0.15, -0.1) is 0 Å². The Balaban J connectivity index is 2.16. The fourth-order valence-corrected chi connectivity index (χ4v) is 2.51. The lowest BCUT2D eigenvalue weighted by molar-refractivity contribution is 0.0605. The summed E-state index contributed by atoms with van der Waals surface area (Å²) in [4.78, 5) is 28.8. The quantitative estimate of drug-likeness (QED) is 0.906. The van der Waals surface area contributed by atoms with Crippen molar-refractivity contribution in [1.82, 2.24) is 9.88 Å². The molecule has 1 atom stereocenters. The first-order valence-corrected chi connectivity index (χ1v) is 6.63. The maximum atomic E-state index is 12.4. The topological polar surface area (TPSA) is 70.5 Å². The lowest BCUT2D eigenvalue weighted by Crippen LogP contribution is -2.43. The number of aromatic nitrogens is 1. The van der Waals surface area contributed by atoms with Gasteiger partial charge in [-0.3, -0.25) is 4.79 Å². The number of piperidine rings is 1. The van der Waals surface area contributed by atoms with Crippen LogP contribution in [0.15, 0.2) is 18.3 Å². The van der Waals surface area contributed by atoms with Crippen LogP contribution in [-0.4, -0.2) is 39.5 Å². The van der Waals surface area contributed by atoms with E-state index in [4.69, 9.17) is 5.11 Å². The summed E-state index contributed by atoms with van der Waals surface area (Å²) in [6.07, 6.45) is 5.55. The molecule has 19 heavy (non-hydrogen) atoms. The molecule has 0 radical (unpaired) electrons. The highest BCUT2D eigenvalue weighted by atomic mass is 16.4. The summed E-state index contributed by atoms with van der Waals surface area (Å²) in [6.45, 7) is 2.86. The van der Waals surface area contributed by atoms with E-state index in [9.17, 15) is 9.59 Å². The van der Waals surface area contributed by atoms with Crippen LogP contribution < -0.4 is 0 Å². The largest absolute Gasteiger partial charge is 0.477 e. The number of amides is 1. The Morgan fingerprint density at radius 1 is 1.42 bits per heavy atom. The van der Waals surface area contributed by atoms with E-state index in [1.54, 1.807) is 6.07 Å². The van der Waals surface area contributed by atoms with E-state index in [-0.39, 0.29) is 11.6 Å². The Bertz CT molecular complexity index is 470. The number of carbonyl (C=O) groups excluding carboxylic acids is 1.